The number of nitrogens with zero attached hydrogens (tertiary/aromatic N) is 2. The van der Waals surface area contributed by atoms with Crippen molar-refractivity contribution in [2.75, 3.05) is 0 Å². The summed E-state index contributed by atoms with van der Waals surface area (Å²) in [7, 11) is -3.92. The van der Waals surface area contributed by atoms with Gasteiger partial charge in [-0.1, -0.05) is 13.3 Å². The summed E-state index contributed by atoms with van der Waals surface area (Å²) < 4.78 is 43.4. The number of aryl methyl sites for hydroxylation is 2. The minimum atomic E-state index is -6.00. The molecule has 0 radical (unpaired) electrons. The predicted octanol–water partition coefficient (Wildman–Crippen LogP) is 2.72. The van der Waals surface area contributed by atoms with Gasteiger partial charge in [-0.3, -0.25) is 0 Å². The maximum absolute atomic E-state index is 9.75. The quantitative estimate of drug-likeness (QED) is 0.436. The SMILES string of the molecule is CCCCn1cc[n+](C)c1C.F[B-](F)(F)F. The normalized spacial score (nSPS) is 10.9. The van der Waals surface area contributed by atoms with Gasteiger partial charge < -0.3 is 17.3 Å². The number of hydrogen-bond acceptors (Lipinski definition) is 0. The number of rotatable bonds is 3. The Bertz CT molecular complexity index is 303. The van der Waals surface area contributed by atoms with E-state index in [1.807, 2.05) is 0 Å². The van der Waals surface area contributed by atoms with Crippen molar-refractivity contribution >= 4 is 7.25 Å². The van der Waals surface area contributed by atoms with Gasteiger partial charge in [0.05, 0.1) is 13.6 Å². The summed E-state index contributed by atoms with van der Waals surface area (Å²) in [4.78, 5) is 0. The molecule has 2 nitrogen and oxygen atoms in total. The lowest BCUT2D eigenvalue weighted by atomic mass is 10.3. The van der Waals surface area contributed by atoms with Gasteiger partial charge in [0.15, 0.2) is 0 Å². The van der Waals surface area contributed by atoms with Crippen molar-refractivity contribution in [2.24, 2.45) is 7.05 Å². The number of aromatic nitrogens is 2. The first-order valence-corrected chi connectivity index (χ1v) is 5.14. The third-order valence-electron chi connectivity index (χ3n) is 2.15. The third kappa shape index (κ3) is 7.31. The van der Waals surface area contributed by atoms with E-state index in [0.29, 0.717) is 0 Å². The standard InChI is InChI=1S/C9H17N2.BF4/c1-4-5-6-11-8-7-10(3)9(11)2;2-1(3,4)5/h7-8H,4-6H2,1-3H3;/q+1;-1. The fourth-order valence-corrected chi connectivity index (χ4v) is 1.16. The van der Waals surface area contributed by atoms with Gasteiger partial charge in [-0.15, -0.1) is 0 Å². The molecule has 0 N–H and O–H groups in total. The molecule has 1 heterocycles. The summed E-state index contributed by atoms with van der Waals surface area (Å²) in [5.41, 5.74) is 0. The van der Waals surface area contributed by atoms with Gasteiger partial charge in [0, 0.05) is 6.92 Å². The molecule has 0 spiro atoms. The molecule has 94 valence electrons. The van der Waals surface area contributed by atoms with Crippen molar-refractivity contribution in [1.29, 1.82) is 0 Å². The molecule has 0 bridgehead atoms. The minimum Gasteiger partial charge on any atom is -0.418 e. The first-order chi connectivity index (χ1) is 7.25. The molecule has 0 unspecified atom stereocenters. The van der Waals surface area contributed by atoms with Crippen LogP contribution in [0.4, 0.5) is 17.3 Å². The molecule has 0 aliphatic heterocycles. The van der Waals surface area contributed by atoms with Crippen LogP contribution >= 0.6 is 0 Å². The first-order valence-electron chi connectivity index (χ1n) is 5.14. The fraction of sp³-hybridized carbons (Fsp3) is 0.667. The second-order valence-electron chi connectivity index (χ2n) is 3.50. The van der Waals surface area contributed by atoms with Crippen molar-refractivity contribution in [1.82, 2.24) is 4.57 Å². The van der Waals surface area contributed by atoms with E-state index in [1.54, 1.807) is 0 Å². The summed E-state index contributed by atoms with van der Waals surface area (Å²) in [6.07, 6.45) is 6.78. The maximum atomic E-state index is 9.75. The highest BCUT2D eigenvalue weighted by Gasteiger charge is 2.20. The van der Waals surface area contributed by atoms with Gasteiger partial charge >= 0.3 is 7.25 Å². The minimum absolute atomic E-state index is 1.16. The molecule has 0 saturated heterocycles. The summed E-state index contributed by atoms with van der Waals surface area (Å²) in [5, 5.41) is 0. The first kappa shape index (κ1) is 15.0. The monoisotopic (exact) mass is 240 g/mol. The maximum Gasteiger partial charge on any atom is 0.673 e. The van der Waals surface area contributed by atoms with Crippen LogP contribution in [0.2, 0.25) is 0 Å². The van der Waals surface area contributed by atoms with E-state index in [2.05, 4.69) is 42.4 Å². The summed E-state index contributed by atoms with van der Waals surface area (Å²) in [6, 6.07) is 0. The zero-order valence-electron chi connectivity index (χ0n) is 9.76. The zero-order valence-corrected chi connectivity index (χ0v) is 9.76. The van der Waals surface area contributed by atoms with Crippen LogP contribution in [-0.2, 0) is 13.6 Å². The largest absolute Gasteiger partial charge is 0.673 e. The van der Waals surface area contributed by atoms with E-state index in [0.717, 1.165) is 6.54 Å². The van der Waals surface area contributed by atoms with Crippen molar-refractivity contribution in [3.63, 3.8) is 0 Å². The highest BCUT2D eigenvalue weighted by Crippen LogP contribution is 2.06. The number of hydrogen-bond donors (Lipinski definition) is 0. The van der Waals surface area contributed by atoms with Gasteiger partial charge in [0.1, 0.15) is 12.4 Å². The van der Waals surface area contributed by atoms with Crippen LogP contribution in [0.3, 0.4) is 0 Å². The van der Waals surface area contributed by atoms with Gasteiger partial charge in [0.2, 0.25) is 0 Å². The second-order valence-corrected chi connectivity index (χ2v) is 3.50. The van der Waals surface area contributed by atoms with Crippen LogP contribution in [0.5, 0.6) is 0 Å². The van der Waals surface area contributed by atoms with E-state index in [4.69, 9.17) is 0 Å². The van der Waals surface area contributed by atoms with Crippen LogP contribution < -0.4 is 4.57 Å². The smallest absolute Gasteiger partial charge is 0.418 e. The van der Waals surface area contributed by atoms with Crippen molar-refractivity contribution < 1.29 is 21.8 Å². The summed E-state index contributed by atoms with van der Waals surface area (Å²) >= 11 is 0. The molecule has 0 aromatic carbocycles. The van der Waals surface area contributed by atoms with Crippen molar-refractivity contribution in [3.8, 4) is 0 Å². The average Bonchev–Trinajstić information content (AvgIpc) is 2.42. The van der Waals surface area contributed by atoms with E-state index in [-0.39, 0.29) is 0 Å². The lowest BCUT2D eigenvalue weighted by Gasteiger charge is -1.95. The molecule has 0 aliphatic rings. The molecular weight excluding hydrogens is 223 g/mol. The van der Waals surface area contributed by atoms with E-state index < -0.39 is 7.25 Å². The van der Waals surface area contributed by atoms with Gasteiger partial charge in [-0.05, 0) is 6.42 Å². The van der Waals surface area contributed by atoms with Crippen molar-refractivity contribution in [2.45, 2.75) is 33.2 Å². The lowest BCUT2D eigenvalue weighted by Crippen LogP contribution is -2.29. The molecule has 0 fully saturated rings. The highest BCUT2D eigenvalue weighted by atomic mass is 19.5. The predicted molar refractivity (Wildman–Crippen MR) is 55.4 cm³/mol. The Hall–Kier alpha value is -1.01. The lowest BCUT2D eigenvalue weighted by molar-refractivity contribution is -0.677. The zero-order chi connectivity index (χ0) is 12.8. The topological polar surface area (TPSA) is 8.81 Å². The van der Waals surface area contributed by atoms with Crippen molar-refractivity contribution in [3.05, 3.63) is 18.2 Å². The van der Waals surface area contributed by atoms with E-state index in [9.17, 15) is 17.3 Å². The molecule has 0 amide bonds. The highest BCUT2D eigenvalue weighted by molar-refractivity contribution is 6.50. The van der Waals surface area contributed by atoms with Gasteiger partial charge in [-0.2, -0.15) is 0 Å². The van der Waals surface area contributed by atoms with Crippen LogP contribution in [0.1, 0.15) is 25.6 Å². The summed E-state index contributed by atoms with van der Waals surface area (Å²) in [5.74, 6) is 1.33. The van der Waals surface area contributed by atoms with E-state index in [1.165, 1.54) is 18.7 Å². The Balaban J connectivity index is 0.000000385. The molecule has 7 heteroatoms. The van der Waals surface area contributed by atoms with E-state index >= 15 is 0 Å². The van der Waals surface area contributed by atoms with Crippen LogP contribution in [0.15, 0.2) is 12.4 Å². The summed E-state index contributed by atoms with van der Waals surface area (Å²) in [6.45, 7) is 5.53. The number of imidazole rings is 1. The Morgan fingerprint density at radius 1 is 1.31 bits per heavy atom. The average molecular weight is 240 g/mol. The van der Waals surface area contributed by atoms with Gasteiger partial charge in [-0.25, -0.2) is 9.13 Å². The molecule has 0 saturated carbocycles. The molecular formula is C9H17BF4N2. The Labute approximate surface area is 93.0 Å². The van der Waals surface area contributed by atoms with Crippen LogP contribution in [-0.4, -0.2) is 11.8 Å². The van der Waals surface area contributed by atoms with Crippen LogP contribution in [0, 0.1) is 6.92 Å². The number of halogens is 4. The second kappa shape index (κ2) is 6.55. The Morgan fingerprint density at radius 3 is 2.12 bits per heavy atom. The molecule has 1 aromatic rings. The Kier molecular flexibility index (Phi) is 6.14. The van der Waals surface area contributed by atoms with Gasteiger partial charge in [0.25, 0.3) is 5.82 Å². The molecule has 16 heavy (non-hydrogen) atoms. The third-order valence-corrected chi connectivity index (χ3v) is 2.15. The molecule has 1 aromatic heterocycles. The van der Waals surface area contributed by atoms with Crippen LogP contribution in [0.25, 0.3) is 0 Å². The molecule has 0 aliphatic carbocycles. The molecule has 0 atom stereocenters. The molecule has 1 rings (SSSR count). The Morgan fingerprint density at radius 2 is 1.81 bits per heavy atom. The number of unbranched alkanes of at least 4 members (excludes halogenated alkanes) is 1. The fourth-order valence-electron chi connectivity index (χ4n) is 1.16.